The number of rotatable bonds is 5. The number of benzene rings is 1. The van der Waals surface area contributed by atoms with Gasteiger partial charge in [0.2, 0.25) is 0 Å². The van der Waals surface area contributed by atoms with E-state index >= 15 is 0 Å². The Bertz CT molecular complexity index is 381. The lowest BCUT2D eigenvalue weighted by Gasteiger charge is -2.13. The Labute approximate surface area is 114 Å². The number of nitrogens with zero attached hydrogens (tertiary/aromatic N) is 2. The summed E-state index contributed by atoms with van der Waals surface area (Å²) < 4.78 is 0. The molecule has 5 heteroatoms. The lowest BCUT2D eigenvalue weighted by Crippen LogP contribution is -2.21. The van der Waals surface area contributed by atoms with E-state index in [9.17, 15) is 10.1 Å². The van der Waals surface area contributed by atoms with E-state index in [4.69, 9.17) is 5.73 Å². The SMILES string of the molecule is CCN(CC)CC.NC(=C[N+](=O)[O-])c1ccccc1. The average molecular weight is 265 g/mol. The van der Waals surface area contributed by atoms with Crippen LogP contribution in [0.2, 0.25) is 0 Å². The lowest BCUT2D eigenvalue weighted by atomic mass is 10.2. The van der Waals surface area contributed by atoms with E-state index < -0.39 is 4.92 Å². The molecule has 0 saturated heterocycles. The fourth-order valence-electron chi connectivity index (χ4n) is 1.49. The van der Waals surface area contributed by atoms with E-state index in [-0.39, 0.29) is 5.70 Å². The van der Waals surface area contributed by atoms with E-state index in [1.165, 1.54) is 19.6 Å². The van der Waals surface area contributed by atoms with Crippen molar-refractivity contribution in [2.24, 2.45) is 5.73 Å². The molecule has 0 unspecified atom stereocenters. The zero-order valence-corrected chi connectivity index (χ0v) is 11.9. The largest absolute Gasteiger partial charge is 0.393 e. The maximum atomic E-state index is 10.0. The molecule has 0 saturated carbocycles. The molecular weight excluding hydrogens is 242 g/mol. The molecule has 2 N–H and O–H groups in total. The van der Waals surface area contributed by atoms with Crippen LogP contribution in [-0.2, 0) is 0 Å². The van der Waals surface area contributed by atoms with Gasteiger partial charge in [0.15, 0.2) is 0 Å². The predicted octanol–water partition coefficient (Wildman–Crippen LogP) is 2.57. The van der Waals surface area contributed by atoms with Gasteiger partial charge in [-0.1, -0.05) is 51.1 Å². The lowest BCUT2D eigenvalue weighted by molar-refractivity contribution is -0.401. The standard InChI is InChI=1S/C8H8N2O2.C6H15N/c9-8(6-10(11)12)7-4-2-1-3-5-7;1-4-7(5-2)6-3/h1-6H,9H2;4-6H2,1-3H3. The van der Waals surface area contributed by atoms with Crippen molar-refractivity contribution in [3.05, 3.63) is 52.2 Å². The molecule has 0 heterocycles. The third-order valence-electron chi connectivity index (χ3n) is 2.69. The van der Waals surface area contributed by atoms with Gasteiger partial charge in [-0.15, -0.1) is 0 Å². The van der Waals surface area contributed by atoms with Crippen LogP contribution in [0.25, 0.3) is 5.70 Å². The zero-order chi connectivity index (χ0) is 14.7. The number of hydrogen-bond donors (Lipinski definition) is 1. The van der Waals surface area contributed by atoms with Gasteiger partial charge in [-0.05, 0) is 19.6 Å². The highest BCUT2D eigenvalue weighted by molar-refractivity contribution is 5.60. The molecule has 0 aliphatic heterocycles. The summed E-state index contributed by atoms with van der Waals surface area (Å²) in [6.07, 6.45) is 0.787. The van der Waals surface area contributed by atoms with Gasteiger partial charge in [-0.2, -0.15) is 0 Å². The molecule has 0 aliphatic carbocycles. The first-order valence-corrected chi connectivity index (χ1v) is 6.43. The molecule has 1 aromatic rings. The molecule has 0 aliphatic rings. The minimum atomic E-state index is -0.567. The van der Waals surface area contributed by atoms with Crippen LogP contribution in [0, 0.1) is 10.1 Å². The minimum absolute atomic E-state index is 0.167. The maximum Gasteiger partial charge on any atom is 0.257 e. The van der Waals surface area contributed by atoms with Gasteiger partial charge >= 0.3 is 0 Å². The van der Waals surface area contributed by atoms with Gasteiger partial charge in [0.1, 0.15) is 5.70 Å². The molecule has 0 aromatic heterocycles. The molecule has 0 radical (unpaired) electrons. The third kappa shape index (κ3) is 7.94. The van der Waals surface area contributed by atoms with Crippen molar-refractivity contribution in [1.82, 2.24) is 4.90 Å². The van der Waals surface area contributed by atoms with Crippen molar-refractivity contribution in [1.29, 1.82) is 0 Å². The van der Waals surface area contributed by atoms with Crippen LogP contribution in [0.5, 0.6) is 0 Å². The molecule has 19 heavy (non-hydrogen) atoms. The fourth-order valence-corrected chi connectivity index (χ4v) is 1.49. The molecule has 0 amide bonds. The zero-order valence-electron chi connectivity index (χ0n) is 11.9. The summed E-state index contributed by atoms with van der Waals surface area (Å²) in [6, 6.07) is 8.81. The van der Waals surface area contributed by atoms with Crippen molar-refractivity contribution < 1.29 is 4.92 Å². The van der Waals surface area contributed by atoms with Crippen LogP contribution in [-0.4, -0.2) is 29.5 Å². The molecule has 0 atom stereocenters. The second-order valence-corrected chi connectivity index (χ2v) is 3.86. The molecule has 1 rings (SSSR count). The highest BCUT2D eigenvalue weighted by Crippen LogP contribution is 2.06. The van der Waals surface area contributed by atoms with E-state index in [2.05, 4.69) is 25.7 Å². The van der Waals surface area contributed by atoms with Gasteiger partial charge in [-0.25, -0.2) is 0 Å². The van der Waals surface area contributed by atoms with Crippen LogP contribution in [0.4, 0.5) is 0 Å². The summed E-state index contributed by atoms with van der Waals surface area (Å²) in [6.45, 7) is 10.1. The minimum Gasteiger partial charge on any atom is -0.393 e. The number of nitrogens with two attached hydrogens (primary N) is 1. The Morgan fingerprint density at radius 3 is 2.00 bits per heavy atom. The summed E-state index contributed by atoms with van der Waals surface area (Å²) in [4.78, 5) is 11.8. The Kier molecular flexibility index (Phi) is 9.08. The first kappa shape index (κ1) is 17.1. The van der Waals surface area contributed by atoms with Crippen molar-refractivity contribution in [3.8, 4) is 0 Å². The maximum absolute atomic E-state index is 10.0. The first-order valence-electron chi connectivity index (χ1n) is 6.43. The Balaban J connectivity index is 0.000000399. The van der Waals surface area contributed by atoms with Crippen LogP contribution in [0.15, 0.2) is 36.5 Å². The quantitative estimate of drug-likeness (QED) is 0.656. The van der Waals surface area contributed by atoms with Crippen LogP contribution >= 0.6 is 0 Å². The second-order valence-electron chi connectivity index (χ2n) is 3.86. The molecule has 5 nitrogen and oxygen atoms in total. The molecule has 0 bridgehead atoms. The Hall–Kier alpha value is -1.88. The molecule has 1 aromatic carbocycles. The van der Waals surface area contributed by atoms with E-state index in [1.807, 2.05) is 6.07 Å². The van der Waals surface area contributed by atoms with Gasteiger partial charge < -0.3 is 10.6 Å². The Morgan fingerprint density at radius 1 is 1.21 bits per heavy atom. The first-order chi connectivity index (χ1) is 9.04. The highest BCUT2D eigenvalue weighted by atomic mass is 16.6. The summed E-state index contributed by atoms with van der Waals surface area (Å²) in [7, 11) is 0. The summed E-state index contributed by atoms with van der Waals surface area (Å²) in [5.74, 6) is 0. The second kappa shape index (κ2) is 10.1. The predicted molar refractivity (Wildman–Crippen MR) is 79.1 cm³/mol. The fraction of sp³-hybridized carbons (Fsp3) is 0.429. The van der Waals surface area contributed by atoms with E-state index in [0.29, 0.717) is 5.56 Å². The van der Waals surface area contributed by atoms with Gasteiger partial charge in [-0.3, -0.25) is 10.1 Å². The summed E-state index contributed by atoms with van der Waals surface area (Å²) in [5, 5.41) is 10.0. The Morgan fingerprint density at radius 2 is 1.68 bits per heavy atom. The molecule has 0 fully saturated rings. The van der Waals surface area contributed by atoms with Gasteiger partial charge in [0.25, 0.3) is 6.20 Å². The van der Waals surface area contributed by atoms with Gasteiger partial charge in [0.05, 0.1) is 4.92 Å². The topological polar surface area (TPSA) is 72.4 Å². The van der Waals surface area contributed by atoms with Crippen molar-refractivity contribution in [3.63, 3.8) is 0 Å². The van der Waals surface area contributed by atoms with Crippen LogP contribution in [0.1, 0.15) is 26.3 Å². The summed E-state index contributed by atoms with van der Waals surface area (Å²) >= 11 is 0. The van der Waals surface area contributed by atoms with Crippen molar-refractivity contribution in [2.75, 3.05) is 19.6 Å². The van der Waals surface area contributed by atoms with Crippen LogP contribution < -0.4 is 5.73 Å². The highest BCUT2D eigenvalue weighted by Gasteiger charge is 1.98. The van der Waals surface area contributed by atoms with Crippen LogP contribution in [0.3, 0.4) is 0 Å². The van der Waals surface area contributed by atoms with E-state index in [1.54, 1.807) is 24.3 Å². The van der Waals surface area contributed by atoms with E-state index in [0.717, 1.165) is 6.20 Å². The summed E-state index contributed by atoms with van der Waals surface area (Å²) in [5.41, 5.74) is 6.24. The van der Waals surface area contributed by atoms with Crippen molar-refractivity contribution in [2.45, 2.75) is 20.8 Å². The number of nitro groups is 1. The third-order valence-corrected chi connectivity index (χ3v) is 2.69. The average Bonchev–Trinajstić information content (AvgIpc) is 2.42. The number of hydrogen-bond acceptors (Lipinski definition) is 4. The normalized spacial score (nSPS) is 10.8. The smallest absolute Gasteiger partial charge is 0.257 e. The monoisotopic (exact) mass is 265 g/mol. The van der Waals surface area contributed by atoms with Crippen molar-refractivity contribution >= 4 is 5.70 Å². The molecular formula is C14H23N3O2. The molecule has 106 valence electrons. The van der Waals surface area contributed by atoms with Gasteiger partial charge in [0, 0.05) is 5.56 Å². The molecule has 0 spiro atoms.